The van der Waals surface area contributed by atoms with Crippen LogP contribution in [0.25, 0.3) is 0 Å². The average Bonchev–Trinajstić information content (AvgIpc) is 3.39. The Labute approximate surface area is 220 Å². The quantitative estimate of drug-likeness (QED) is 0.316. The number of methoxy groups -OCH3 is 3. The van der Waals surface area contributed by atoms with Gasteiger partial charge in [-0.1, -0.05) is 25.2 Å². The van der Waals surface area contributed by atoms with Gasteiger partial charge in [0.25, 0.3) is 0 Å². The minimum Gasteiger partial charge on any atom is -0.493 e. The molecular weight excluding hydrogens is 498 g/mol. The van der Waals surface area contributed by atoms with Gasteiger partial charge in [0.05, 0.1) is 40.1 Å². The largest absolute Gasteiger partial charge is 0.493 e. The third-order valence-electron chi connectivity index (χ3n) is 6.29. The first-order valence-corrected chi connectivity index (χ1v) is 13.4. The van der Waals surface area contributed by atoms with Crippen molar-refractivity contribution in [3.05, 3.63) is 53.0 Å². The molecule has 9 nitrogen and oxygen atoms in total. The average molecular weight is 536 g/mol. The van der Waals surface area contributed by atoms with Gasteiger partial charge >= 0.3 is 0 Å². The van der Waals surface area contributed by atoms with Crippen LogP contribution in [0.3, 0.4) is 0 Å². The number of ether oxygens (including phenoxy) is 6. The van der Waals surface area contributed by atoms with E-state index in [0.29, 0.717) is 49.0 Å². The number of hydrogen-bond acceptors (Lipinski definition) is 9. The highest BCUT2D eigenvalue weighted by Crippen LogP contribution is 2.45. The van der Waals surface area contributed by atoms with Crippen LogP contribution in [0.4, 0.5) is 0 Å². The summed E-state index contributed by atoms with van der Waals surface area (Å²) < 4.78 is 59.9. The van der Waals surface area contributed by atoms with Crippen LogP contribution >= 0.6 is 0 Å². The summed E-state index contributed by atoms with van der Waals surface area (Å²) in [6, 6.07) is 3.73. The summed E-state index contributed by atoms with van der Waals surface area (Å²) in [5, 5.41) is 0. The zero-order chi connectivity index (χ0) is 26.9. The molecular formula is C27H37NO8S. The Morgan fingerprint density at radius 2 is 1.73 bits per heavy atom. The second-order valence-electron chi connectivity index (χ2n) is 8.70. The molecule has 1 aromatic carbocycles. The van der Waals surface area contributed by atoms with E-state index in [1.165, 1.54) is 0 Å². The van der Waals surface area contributed by atoms with Crippen molar-refractivity contribution in [2.75, 3.05) is 41.1 Å². The number of rotatable bonds is 12. The van der Waals surface area contributed by atoms with Gasteiger partial charge in [-0.2, -0.15) is 8.42 Å². The lowest BCUT2D eigenvalue weighted by atomic mass is 9.88. The highest BCUT2D eigenvalue weighted by molar-refractivity contribution is 7.73. The highest BCUT2D eigenvalue weighted by atomic mass is 32.2. The van der Waals surface area contributed by atoms with Gasteiger partial charge in [0.15, 0.2) is 23.0 Å². The summed E-state index contributed by atoms with van der Waals surface area (Å²) in [6.07, 6.45) is 6.90. The van der Waals surface area contributed by atoms with E-state index in [9.17, 15) is 8.42 Å². The van der Waals surface area contributed by atoms with Gasteiger partial charge < -0.3 is 34.2 Å². The fourth-order valence-corrected chi connectivity index (χ4v) is 5.35. The molecule has 1 fully saturated rings. The summed E-state index contributed by atoms with van der Waals surface area (Å²) >= 11 is 0. The van der Waals surface area contributed by atoms with Crippen LogP contribution in [0, 0.1) is 5.92 Å². The first kappa shape index (κ1) is 28.6. The molecule has 0 aromatic heterocycles. The smallest absolute Gasteiger partial charge is 0.221 e. The minimum absolute atomic E-state index is 0.133. The van der Waals surface area contributed by atoms with E-state index in [4.69, 9.17) is 34.2 Å². The van der Waals surface area contributed by atoms with Crippen molar-refractivity contribution in [2.24, 2.45) is 11.7 Å². The van der Waals surface area contributed by atoms with Crippen molar-refractivity contribution in [3.63, 3.8) is 0 Å². The zero-order valence-electron chi connectivity index (χ0n) is 22.1. The van der Waals surface area contributed by atoms with Gasteiger partial charge in [0, 0.05) is 12.5 Å². The maximum absolute atomic E-state index is 12.6. The van der Waals surface area contributed by atoms with Crippen molar-refractivity contribution in [3.8, 4) is 17.2 Å². The van der Waals surface area contributed by atoms with Crippen molar-refractivity contribution in [1.29, 1.82) is 0 Å². The molecule has 204 valence electrons. The van der Waals surface area contributed by atoms with Crippen LogP contribution in [0.2, 0.25) is 0 Å². The second kappa shape index (κ2) is 13.6. The molecule has 37 heavy (non-hydrogen) atoms. The van der Waals surface area contributed by atoms with Crippen LogP contribution in [0.5, 0.6) is 17.2 Å². The van der Waals surface area contributed by atoms with Crippen LogP contribution in [-0.4, -0.2) is 60.5 Å². The first-order valence-electron chi connectivity index (χ1n) is 12.4. The summed E-state index contributed by atoms with van der Waals surface area (Å²) in [5.74, 6) is 1.72. The highest BCUT2D eigenvalue weighted by Gasteiger charge is 2.40. The standard InChI is InChI=1S/C27H37NO8S/c1-6-12-34-24-17(2)14-19(27(37(29)30)26(24)35-13-8-7-11-28)21-10-9-20(36-21)18-15-22(31-3)25(33-5)23(16-18)32-4/h7-8,14-16,19-21H,6,9-13,28H2,1-5H3/t19?,20-,21-/m1/s1. The molecule has 1 aliphatic carbocycles. The predicted molar refractivity (Wildman–Crippen MR) is 142 cm³/mol. The Balaban J connectivity index is 1.93. The molecule has 0 saturated carbocycles. The molecule has 1 saturated heterocycles. The Hall–Kier alpha value is -2.95. The van der Waals surface area contributed by atoms with Crippen molar-refractivity contribution in [1.82, 2.24) is 0 Å². The van der Waals surface area contributed by atoms with Gasteiger partial charge in [0.2, 0.25) is 16.0 Å². The molecule has 0 radical (unpaired) electrons. The molecule has 10 heteroatoms. The van der Waals surface area contributed by atoms with Crippen LogP contribution < -0.4 is 19.9 Å². The van der Waals surface area contributed by atoms with Crippen molar-refractivity contribution < 1.29 is 36.8 Å². The number of benzene rings is 1. The molecule has 1 heterocycles. The van der Waals surface area contributed by atoms with Crippen LogP contribution in [-0.2, 0) is 24.5 Å². The maximum atomic E-state index is 12.6. The molecule has 0 spiro atoms. The molecule has 1 unspecified atom stereocenters. The van der Waals surface area contributed by atoms with Crippen LogP contribution in [0.1, 0.15) is 44.8 Å². The maximum Gasteiger partial charge on any atom is 0.221 e. The fourth-order valence-electron chi connectivity index (χ4n) is 4.60. The van der Waals surface area contributed by atoms with E-state index >= 15 is 0 Å². The van der Waals surface area contributed by atoms with Gasteiger partial charge in [-0.15, -0.1) is 0 Å². The molecule has 3 rings (SSSR count). The Morgan fingerprint density at radius 3 is 2.30 bits per heavy atom. The Kier molecular flexibility index (Phi) is 10.5. The van der Waals surface area contributed by atoms with Crippen molar-refractivity contribution in [2.45, 2.75) is 45.3 Å². The van der Waals surface area contributed by atoms with Gasteiger partial charge in [-0.05, 0) is 49.5 Å². The van der Waals surface area contributed by atoms with E-state index < -0.39 is 16.2 Å². The summed E-state index contributed by atoms with van der Waals surface area (Å²) in [6.45, 7) is 4.87. The molecule has 2 N–H and O–H groups in total. The third kappa shape index (κ3) is 6.49. The second-order valence-corrected chi connectivity index (χ2v) is 9.61. The van der Waals surface area contributed by atoms with E-state index in [1.54, 1.807) is 33.5 Å². The van der Waals surface area contributed by atoms with Crippen LogP contribution in [0.15, 0.2) is 47.5 Å². The fraction of sp³-hybridized carbons (Fsp3) is 0.519. The SMILES string of the molecule is CCCOC1=C(OCC=CCN)C(=S(=O)=O)C([C@H]2CC[C@H](c3cc(OC)c(OC)c(OC)c3)O2)C=C1C. The minimum atomic E-state index is -2.55. The number of allylic oxidation sites excluding steroid dienone is 2. The zero-order valence-corrected chi connectivity index (χ0v) is 22.9. The Morgan fingerprint density at radius 1 is 1.03 bits per heavy atom. The molecule has 0 amide bonds. The van der Waals surface area contributed by atoms with Gasteiger partial charge in [0.1, 0.15) is 11.5 Å². The lowest BCUT2D eigenvalue weighted by Gasteiger charge is -2.29. The summed E-state index contributed by atoms with van der Waals surface area (Å²) in [4.78, 5) is 0.133. The normalized spacial score (nSPS) is 21.7. The van der Waals surface area contributed by atoms with Gasteiger partial charge in [-0.3, -0.25) is 0 Å². The first-order chi connectivity index (χ1) is 17.9. The molecule has 1 aliphatic heterocycles. The number of nitrogens with two attached hydrogens (primary N) is 1. The van der Waals surface area contributed by atoms with E-state index in [-0.39, 0.29) is 29.4 Å². The lowest BCUT2D eigenvalue weighted by molar-refractivity contribution is 0.0333. The number of hydrogen-bond donors (Lipinski definition) is 1. The molecule has 3 atom stereocenters. The molecule has 0 bridgehead atoms. The Bertz CT molecular complexity index is 1150. The molecule has 2 aliphatic rings. The van der Waals surface area contributed by atoms with Crippen molar-refractivity contribution >= 4 is 15.2 Å². The molecule has 1 aromatic rings. The van der Waals surface area contributed by atoms with Gasteiger partial charge in [-0.25, -0.2) is 0 Å². The lowest BCUT2D eigenvalue weighted by Crippen LogP contribution is -2.33. The monoisotopic (exact) mass is 535 g/mol. The topological polar surface area (TPSA) is 116 Å². The third-order valence-corrected chi connectivity index (χ3v) is 7.11. The predicted octanol–water partition coefficient (Wildman–Crippen LogP) is 3.73. The summed E-state index contributed by atoms with van der Waals surface area (Å²) in [5.41, 5.74) is 7.20. The van der Waals surface area contributed by atoms with E-state index in [1.807, 2.05) is 32.1 Å². The summed E-state index contributed by atoms with van der Waals surface area (Å²) in [7, 11) is 2.13. The van der Waals surface area contributed by atoms with E-state index in [2.05, 4.69) is 0 Å². The van der Waals surface area contributed by atoms with E-state index in [0.717, 1.165) is 17.6 Å².